The van der Waals surface area contributed by atoms with Crippen LogP contribution in [0.15, 0.2) is 30.7 Å². The SMILES string of the molecule is Cc1cnc2c(C(=O)NC3(c4ccc(C(F)(F)F)cn4)CCOCC3(C)O)c(C)nn2c1. The van der Waals surface area contributed by atoms with Crippen molar-refractivity contribution in [1.82, 2.24) is 24.9 Å². The average Bonchev–Trinajstić information content (AvgIpc) is 3.03. The number of hydrogen-bond acceptors (Lipinski definition) is 6. The molecule has 170 valence electrons. The second-order valence-electron chi connectivity index (χ2n) is 8.23. The van der Waals surface area contributed by atoms with Gasteiger partial charge in [-0.25, -0.2) is 9.50 Å². The Morgan fingerprint density at radius 1 is 1.25 bits per heavy atom. The number of halogens is 3. The standard InChI is InChI=1S/C21H22F3N5O3/c1-12-8-26-17-16(13(2)28-29(17)10-12)18(30)27-20(6-7-32-11-19(20,3)31)15-5-4-14(9-25-15)21(22,23)24/h4-5,8-10,31H,6-7,11H2,1-3H3,(H,27,30). The molecule has 0 spiro atoms. The quantitative estimate of drug-likeness (QED) is 0.637. The lowest BCUT2D eigenvalue weighted by molar-refractivity contribution is -0.141. The van der Waals surface area contributed by atoms with Gasteiger partial charge in [-0.05, 0) is 38.5 Å². The number of nitrogens with one attached hydrogen (secondary N) is 1. The Kier molecular flexibility index (Phi) is 5.21. The van der Waals surface area contributed by atoms with E-state index in [1.807, 2.05) is 6.92 Å². The van der Waals surface area contributed by atoms with Crippen LogP contribution >= 0.6 is 0 Å². The molecule has 4 heterocycles. The molecule has 2 atom stereocenters. The van der Waals surface area contributed by atoms with E-state index >= 15 is 0 Å². The van der Waals surface area contributed by atoms with Gasteiger partial charge in [-0.3, -0.25) is 9.78 Å². The Bertz CT molecular complexity index is 1170. The van der Waals surface area contributed by atoms with Crippen molar-refractivity contribution < 1.29 is 27.8 Å². The van der Waals surface area contributed by atoms with Gasteiger partial charge in [-0.15, -0.1) is 0 Å². The van der Waals surface area contributed by atoms with E-state index in [1.165, 1.54) is 17.5 Å². The molecule has 1 amide bonds. The fourth-order valence-electron chi connectivity index (χ4n) is 4.03. The molecule has 1 saturated heterocycles. The third-order valence-electron chi connectivity index (χ3n) is 5.78. The average molecular weight is 449 g/mol. The van der Waals surface area contributed by atoms with E-state index in [-0.39, 0.29) is 30.9 Å². The normalized spacial score (nSPS) is 24.0. The highest BCUT2D eigenvalue weighted by atomic mass is 19.4. The molecule has 3 aromatic rings. The number of aliphatic hydroxyl groups is 1. The van der Waals surface area contributed by atoms with Crippen molar-refractivity contribution in [1.29, 1.82) is 0 Å². The highest BCUT2D eigenvalue weighted by Gasteiger charge is 2.53. The van der Waals surface area contributed by atoms with Crippen LogP contribution in [0.3, 0.4) is 0 Å². The van der Waals surface area contributed by atoms with Crippen molar-refractivity contribution in [2.75, 3.05) is 13.2 Å². The lowest BCUT2D eigenvalue weighted by Gasteiger charge is -2.48. The van der Waals surface area contributed by atoms with Crippen LogP contribution in [-0.2, 0) is 16.5 Å². The molecule has 0 saturated carbocycles. The molecule has 0 aliphatic carbocycles. The highest BCUT2D eigenvalue weighted by molar-refractivity contribution is 6.01. The molecule has 0 radical (unpaired) electrons. The molecule has 1 aliphatic rings. The van der Waals surface area contributed by atoms with E-state index < -0.39 is 28.8 Å². The molecule has 3 aromatic heterocycles. The van der Waals surface area contributed by atoms with Crippen molar-refractivity contribution in [3.63, 3.8) is 0 Å². The maximum Gasteiger partial charge on any atom is 0.417 e. The van der Waals surface area contributed by atoms with Gasteiger partial charge in [-0.1, -0.05) is 0 Å². The van der Waals surface area contributed by atoms with Crippen molar-refractivity contribution in [2.24, 2.45) is 0 Å². The molecule has 2 unspecified atom stereocenters. The monoisotopic (exact) mass is 449 g/mol. The Morgan fingerprint density at radius 2 is 2.00 bits per heavy atom. The van der Waals surface area contributed by atoms with Crippen LogP contribution in [0.2, 0.25) is 0 Å². The fraction of sp³-hybridized carbons (Fsp3) is 0.429. The fourth-order valence-corrected chi connectivity index (χ4v) is 4.03. The van der Waals surface area contributed by atoms with Crippen LogP contribution in [-0.4, -0.2) is 49.4 Å². The minimum absolute atomic E-state index is 0.102. The second-order valence-corrected chi connectivity index (χ2v) is 8.23. The van der Waals surface area contributed by atoms with Crippen molar-refractivity contribution in [3.8, 4) is 0 Å². The third-order valence-corrected chi connectivity index (χ3v) is 5.78. The summed E-state index contributed by atoms with van der Waals surface area (Å²) < 4.78 is 46.0. The van der Waals surface area contributed by atoms with E-state index in [9.17, 15) is 23.1 Å². The van der Waals surface area contributed by atoms with Crippen molar-refractivity contribution >= 4 is 11.6 Å². The lowest BCUT2D eigenvalue weighted by Crippen LogP contribution is -2.65. The Hall–Kier alpha value is -3.05. The van der Waals surface area contributed by atoms with Crippen molar-refractivity contribution in [2.45, 2.75) is 44.5 Å². The van der Waals surface area contributed by atoms with Crippen molar-refractivity contribution in [3.05, 3.63) is 58.8 Å². The summed E-state index contributed by atoms with van der Waals surface area (Å²) in [6.07, 6.45) is -0.429. The molecule has 8 nitrogen and oxygen atoms in total. The first-order chi connectivity index (χ1) is 14.9. The molecule has 4 rings (SSSR count). The zero-order chi connectivity index (χ0) is 23.3. The number of alkyl halides is 3. The number of amides is 1. The van der Waals surface area contributed by atoms with Gasteiger partial charge in [-0.2, -0.15) is 18.3 Å². The maximum atomic E-state index is 13.4. The molecule has 1 aliphatic heterocycles. The number of aryl methyl sites for hydroxylation is 2. The van der Waals surface area contributed by atoms with Gasteiger partial charge in [0.15, 0.2) is 5.65 Å². The number of hydrogen-bond donors (Lipinski definition) is 2. The second kappa shape index (κ2) is 7.52. The summed E-state index contributed by atoms with van der Waals surface area (Å²) in [4.78, 5) is 21.7. The Labute approximate surface area is 181 Å². The van der Waals surface area contributed by atoms with Gasteiger partial charge < -0.3 is 15.2 Å². The van der Waals surface area contributed by atoms with Gasteiger partial charge in [0.2, 0.25) is 0 Å². The number of carbonyl (C=O) groups is 1. The lowest BCUT2D eigenvalue weighted by atomic mass is 9.74. The number of pyridine rings is 1. The Morgan fingerprint density at radius 3 is 2.62 bits per heavy atom. The van der Waals surface area contributed by atoms with E-state index in [2.05, 4.69) is 20.4 Å². The highest BCUT2D eigenvalue weighted by Crippen LogP contribution is 2.40. The van der Waals surface area contributed by atoms with Crippen LogP contribution in [0.5, 0.6) is 0 Å². The van der Waals surface area contributed by atoms with Crippen LogP contribution in [0, 0.1) is 13.8 Å². The number of nitrogens with zero attached hydrogens (tertiary/aromatic N) is 4. The summed E-state index contributed by atoms with van der Waals surface area (Å²) in [6.45, 7) is 4.99. The summed E-state index contributed by atoms with van der Waals surface area (Å²) in [7, 11) is 0. The first-order valence-electron chi connectivity index (χ1n) is 9.92. The van der Waals surface area contributed by atoms with Gasteiger partial charge in [0.1, 0.15) is 16.7 Å². The first kappa shape index (κ1) is 22.2. The van der Waals surface area contributed by atoms with Gasteiger partial charge in [0, 0.05) is 31.6 Å². The summed E-state index contributed by atoms with van der Waals surface area (Å²) in [6, 6.07) is 2.06. The largest absolute Gasteiger partial charge is 0.417 e. The minimum Gasteiger partial charge on any atom is -0.385 e. The number of aromatic nitrogens is 4. The van der Waals surface area contributed by atoms with Crippen LogP contribution in [0.1, 0.15) is 46.2 Å². The van der Waals surface area contributed by atoms with Gasteiger partial charge >= 0.3 is 6.18 Å². The third kappa shape index (κ3) is 3.61. The van der Waals surface area contributed by atoms with Gasteiger partial charge in [0.05, 0.1) is 23.6 Å². The molecule has 11 heteroatoms. The zero-order valence-electron chi connectivity index (χ0n) is 17.7. The molecule has 0 aromatic carbocycles. The molecular formula is C21H22F3N5O3. The molecule has 32 heavy (non-hydrogen) atoms. The number of carbonyl (C=O) groups excluding carboxylic acids is 1. The van der Waals surface area contributed by atoms with E-state index in [1.54, 1.807) is 19.3 Å². The predicted octanol–water partition coefficient (Wildman–Crippen LogP) is 2.56. The molecular weight excluding hydrogens is 427 g/mol. The Balaban J connectivity index is 1.79. The van der Waals surface area contributed by atoms with E-state index in [0.29, 0.717) is 17.5 Å². The zero-order valence-corrected chi connectivity index (χ0v) is 17.7. The molecule has 1 fully saturated rings. The summed E-state index contributed by atoms with van der Waals surface area (Å²) in [5, 5.41) is 18.4. The van der Waals surface area contributed by atoms with Gasteiger partial charge in [0.25, 0.3) is 5.91 Å². The van der Waals surface area contributed by atoms with E-state index in [0.717, 1.165) is 11.6 Å². The molecule has 0 bridgehead atoms. The van der Waals surface area contributed by atoms with Crippen LogP contribution < -0.4 is 5.32 Å². The first-order valence-corrected chi connectivity index (χ1v) is 9.92. The molecule has 2 N–H and O–H groups in total. The maximum absolute atomic E-state index is 13.4. The predicted molar refractivity (Wildman–Crippen MR) is 107 cm³/mol. The van der Waals surface area contributed by atoms with Crippen LogP contribution in [0.4, 0.5) is 13.2 Å². The number of rotatable bonds is 3. The smallest absolute Gasteiger partial charge is 0.385 e. The summed E-state index contributed by atoms with van der Waals surface area (Å²) in [5.74, 6) is -0.572. The number of fused-ring (bicyclic) bond motifs is 1. The van der Waals surface area contributed by atoms with E-state index in [4.69, 9.17) is 4.74 Å². The topological polar surface area (TPSA) is 102 Å². The summed E-state index contributed by atoms with van der Waals surface area (Å²) in [5.41, 5.74) is -2.15. The minimum atomic E-state index is -4.56. The number of ether oxygens (including phenoxy) is 1. The van der Waals surface area contributed by atoms with Crippen LogP contribution in [0.25, 0.3) is 5.65 Å². The summed E-state index contributed by atoms with van der Waals surface area (Å²) >= 11 is 0.